The van der Waals surface area contributed by atoms with Gasteiger partial charge >= 0.3 is 0 Å². The largest absolute Gasteiger partial charge is 0.332 e. The molecule has 0 atom stereocenters. The van der Waals surface area contributed by atoms with E-state index in [0.717, 1.165) is 5.69 Å². The van der Waals surface area contributed by atoms with E-state index in [0.29, 0.717) is 17.6 Å². The summed E-state index contributed by atoms with van der Waals surface area (Å²) < 4.78 is 1.79. The SMILES string of the molecule is Cc1cccc(Cn2cnc(NC(=S)Nc3cccc(C)c3C)n2)c1. The van der Waals surface area contributed by atoms with E-state index in [1.807, 2.05) is 18.2 Å². The van der Waals surface area contributed by atoms with Gasteiger partial charge in [-0.15, -0.1) is 5.10 Å². The standard InChI is InChI=1S/C19H21N5S/c1-13-6-4-8-16(10-13)11-24-12-20-18(23-24)22-19(25)21-17-9-5-7-14(2)15(17)3/h4-10,12H,11H2,1-3H3,(H2,21,22,23,25). The van der Waals surface area contributed by atoms with Crippen molar-refractivity contribution >= 4 is 29.0 Å². The van der Waals surface area contributed by atoms with Crippen LogP contribution in [0.3, 0.4) is 0 Å². The third-order valence-electron chi connectivity index (χ3n) is 4.04. The van der Waals surface area contributed by atoms with Crippen LogP contribution in [0.5, 0.6) is 0 Å². The van der Waals surface area contributed by atoms with Gasteiger partial charge in [0.15, 0.2) is 5.11 Å². The van der Waals surface area contributed by atoms with E-state index in [1.165, 1.54) is 22.3 Å². The maximum atomic E-state index is 5.37. The normalized spacial score (nSPS) is 10.5. The predicted molar refractivity (Wildman–Crippen MR) is 106 cm³/mol. The van der Waals surface area contributed by atoms with Crippen LogP contribution in [0.15, 0.2) is 48.8 Å². The molecule has 1 aromatic heterocycles. The smallest absolute Gasteiger partial charge is 0.248 e. The summed E-state index contributed by atoms with van der Waals surface area (Å²) in [6, 6.07) is 14.4. The Kier molecular flexibility index (Phi) is 5.09. The van der Waals surface area contributed by atoms with E-state index >= 15 is 0 Å². The van der Waals surface area contributed by atoms with E-state index in [4.69, 9.17) is 12.2 Å². The molecule has 25 heavy (non-hydrogen) atoms. The van der Waals surface area contributed by atoms with Gasteiger partial charge in [-0.2, -0.15) is 0 Å². The Labute approximate surface area is 153 Å². The van der Waals surface area contributed by atoms with Crippen LogP contribution in [0.2, 0.25) is 0 Å². The second kappa shape index (κ2) is 7.44. The first-order valence-electron chi connectivity index (χ1n) is 8.10. The Morgan fingerprint density at radius 3 is 2.68 bits per heavy atom. The summed E-state index contributed by atoms with van der Waals surface area (Å²) in [5.74, 6) is 0.482. The first-order chi connectivity index (χ1) is 12.0. The van der Waals surface area contributed by atoms with Gasteiger partial charge in [-0.05, 0) is 55.7 Å². The molecule has 3 aromatic rings. The summed E-state index contributed by atoms with van der Waals surface area (Å²) in [7, 11) is 0. The van der Waals surface area contributed by atoms with Crippen molar-refractivity contribution in [3.8, 4) is 0 Å². The molecular formula is C19H21N5S. The second-order valence-corrected chi connectivity index (χ2v) is 6.49. The summed E-state index contributed by atoms with van der Waals surface area (Å²) in [5.41, 5.74) is 5.79. The fourth-order valence-corrected chi connectivity index (χ4v) is 2.77. The fraction of sp³-hybridized carbons (Fsp3) is 0.211. The van der Waals surface area contributed by atoms with Crippen LogP contribution in [-0.4, -0.2) is 19.9 Å². The maximum Gasteiger partial charge on any atom is 0.248 e. The van der Waals surface area contributed by atoms with E-state index in [1.54, 1.807) is 11.0 Å². The summed E-state index contributed by atoms with van der Waals surface area (Å²) in [4.78, 5) is 4.27. The van der Waals surface area contributed by atoms with Gasteiger partial charge in [0.2, 0.25) is 5.95 Å². The highest BCUT2D eigenvalue weighted by Crippen LogP contribution is 2.18. The average molecular weight is 351 g/mol. The Morgan fingerprint density at radius 1 is 1.08 bits per heavy atom. The zero-order chi connectivity index (χ0) is 17.8. The molecular weight excluding hydrogens is 330 g/mol. The van der Waals surface area contributed by atoms with E-state index in [-0.39, 0.29) is 0 Å². The van der Waals surface area contributed by atoms with Crippen LogP contribution >= 0.6 is 12.2 Å². The number of nitrogens with zero attached hydrogens (tertiary/aromatic N) is 3. The molecule has 0 saturated heterocycles. The van der Waals surface area contributed by atoms with Crippen LogP contribution in [0, 0.1) is 20.8 Å². The Balaban J connectivity index is 1.63. The quantitative estimate of drug-likeness (QED) is 0.694. The van der Waals surface area contributed by atoms with Gasteiger partial charge in [0.25, 0.3) is 0 Å². The fourth-order valence-electron chi connectivity index (χ4n) is 2.57. The third kappa shape index (κ3) is 4.42. The van der Waals surface area contributed by atoms with Crippen LogP contribution in [0.25, 0.3) is 0 Å². The molecule has 6 heteroatoms. The predicted octanol–water partition coefficient (Wildman–Crippen LogP) is 4.06. The number of rotatable bonds is 4. The van der Waals surface area contributed by atoms with Crippen LogP contribution in [0.1, 0.15) is 22.3 Å². The molecule has 2 aromatic carbocycles. The number of aromatic nitrogens is 3. The van der Waals surface area contributed by atoms with Crippen molar-refractivity contribution in [2.75, 3.05) is 10.6 Å². The Bertz CT molecular complexity index is 900. The molecule has 0 saturated carbocycles. The number of benzene rings is 2. The first kappa shape index (κ1) is 17.1. The lowest BCUT2D eigenvalue weighted by atomic mass is 10.1. The van der Waals surface area contributed by atoms with E-state index in [2.05, 4.69) is 65.8 Å². The molecule has 0 aliphatic carbocycles. The zero-order valence-electron chi connectivity index (χ0n) is 14.6. The third-order valence-corrected chi connectivity index (χ3v) is 4.25. The lowest BCUT2D eigenvalue weighted by molar-refractivity contribution is 0.687. The van der Waals surface area contributed by atoms with Crippen molar-refractivity contribution in [1.29, 1.82) is 0 Å². The van der Waals surface area contributed by atoms with Gasteiger partial charge in [0, 0.05) is 5.69 Å². The molecule has 0 unspecified atom stereocenters. The summed E-state index contributed by atoms with van der Waals surface area (Å²) in [5, 5.41) is 11.1. The Morgan fingerprint density at radius 2 is 1.88 bits per heavy atom. The number of aryl methyl sites for hydroxylation is 2. The molecule has 0 amide bonds. The lowest BCUT2D eigenvalue weighted by Gasteiger charge is -2.12. The van der Waals surface area contributed by atoms with Gasteiger partial charge < -0.3 is 5.32 Å². The number of nitrogens with one attached hydrogen (secondary N) is 2. The summed E-state index contributed by atoms with van der Waals surface area (Å²) in [6.45, 7) is 6.89. The molecule has 128 valence electrons. The molecule has 0 fully saturated rings. The topological polar surface area (TPSA) is 54.8 Å². The molecule has 0 radical (unpaired) electrons. The number of hydrogen-bond donors (Lipinski definition) is 2. The number of thiocarbonyl (C=S) groups is 1. The molecule has 0 aliphatic heterocycles. The highest BCUT2D eigenvalue weighted by molar-refractivity contribution is 7.80. The van der Waals surface area contributed by atoms with Gasteiger partial charge in [-0.1, -0.05) is 42.0 Å². The number of hydrogen-bond acceptors (Lipinski definition) is 3. The zero-order valence-corrected chi connectivity index (χ0v) is 15.4. The second-order valence-electron chi connectivity index (χ2n) is 6.08. The van der Waals surface area contributed by atoms with Crippen LogP contribution < -0.4 is 10.6 Å². The van der Waals surface area contributed by atoms with Crippen molar-refractivity contribution in [2.45, 2.75) is 27.3 Å². The molecule has 0 aliphatic rings. The van der Waals surface area contributed by atoms with Crippen LogP contribution in [-0.2, 0) is 6.54 Å². The first-order valence-corrected chi connectivity index (χ1v) is 8.51. The minimum Gasteiger partial charge on any atom is -0.332 e. The molecule has 3 rings (SSSR count). The van der Waals surface area contributed by atoms with Crippen molar-refractivity contribution in [1.82, 2.24) is 14.8 Å². The minimum atomic E-state index is 0.474. The van der Waals surface area contributed by atoms with Crippen LogP contribution in [0.4, 0.5) is 11.6 Å². The minimum absolute atomic E-state index is 0.474. The van der Waals surface area contributed by atoms with E-state index in [9.17, 15) is 0 Å². The maximum absolute atomic E-state index is 5.37. The van der Waals surface area contributed by atoms with Gasteiger partial charge in [-0.3, -0.25) is 5.32 Å². The summed E-state index contributed by atoms with van der Waals surface area (Å²) >= 11 is 5.37. The number of anilines is 2. The van der Waals surface area contributed by atoms with Crippen molar-refractivity contribution in [2.24, 2.45) is 0 Å². The Hall–Kier alpha value is -2.73. The van der Waals surface area contributed by atoms with Gasteiger partial charge in [0.1, 0.15) is 6.33 Å². The monoisotopic (exact) mass is 351 g/mol. The summed E-state index contributed by atoms with van der Waals surface area (Å²) in [6.07, 6.45) is 1.70. The van der Waals surface area contributed by atoms with Crippen molar-refractivity contribution < 1.29 is 0 Å². The van der Waals surface area contributed by atoms with E-state index < -0.39 is 0 Å². The molecule has 5 nitrogen and oxygen atoms in total. The van der Waals surface area contributed by atoms with Gasteiger partial charge in [0.05, 0.1) is 6.54 Å². The lowest BCUT2D eigenvalue weighted by Crippen LogP contribution is -2.20. The highest BCUT2D eigenvalue weighted by Gasteiger charge is 2.06. The van der Waals surface area contributed by atoms with Crippen molar-refractivity contribution in [3.05, 3.63) is 71.0 Å². The van der Waals surface area contributed by atoms with Crippen molar-refractivity contribution in [3.63, 3.8) is 0 Å². The molecule has 2 N–H and O–H groups in total. The average Bonchev–Trinajstić information content (AvgIpc) is 2.98. The van der Waals surface area contributed by atoms with Gasteiger partial charge in [-0.25, -0.2) is 9.67 Å². The highest BCUT2D eigenvalue weighted by atomic mass is 32.1. The molecule has 0 bridgehead atoms. The molecule has 1 heterocycles. The molecule has 0 spiro atoms.